The Balaban J connectivity index is 0. The zero-order valence-electron chi connectivity index (χ0n) is 15.4. The molecule has 2 fully saturated rings. The number of methoxy groups -OCH3 is 1. The molecular formula is C16H37N3O3. The third-order valence-electron chi connectivity index (χ3n) is 3.32. The maximum atomic E-state index is 10.6. The molecule has 0 aromatic rings. The summed E-state index contributed by atoms with van der Waals surface area (Å²) in [5.74, 6) is 0. The second-order valence-electron chi connectivity index (χ2n) is 4.68. The van der Waals surface area contributed by atoms with Gasteiger partial charge in [0.05, 0.1) is 6.10 Å². The molecule has 2 N–H and O–H groups in total. The lowest BCUT2D eigenvalue weighted by atomic mass is 10.2. The Morgan fingerprint density at radius 2 is 1.50 bits per heavy atom. The van der Waals surface area contributed by atoms with Crippen molar-refractivity contribution < 1.29 is 14.3 Å². The van der Waals surface area contributed by atoms with Crippen molar-refractivity contribution in [1.29, 1.82) is 0 Å². The smallest absolute Gasteiger partial charge is 0.314 e. The standard InChI is InChI=1S/C6H13N3O.C6H12O2.2C2H6/c1-8-2-4-9(5-3-8)6(7)10;1-7-6-2-4-8-5-3-6;2*1-2/h2-5H2,1H3,(H2,7,10);6H,2-5H2,1H3;2*1-2H3. The maximum absolute atomic E-state index is 10.6. The summed E-state index contributed by atoms with van der Waals surface area (Å²) in [5, 5.41) is 0. The lowest BCUT2D eigenvalue weighted by Gasteiger charge is -2.30. The van der Waals surface area contributed by atoms with Crippen molar-refractivity contribution in [2.45, 2.75) is 46.6 Å². The minimum Gasteiger partial charge on any atom is -0.381 e. The number of ether oxygens (including phenoxy) is 2. The van der Waals surface area contributed by atoms with E-state index in [2.05, 4.69) is 4.90 Å². The summed E-state index contributed by atoms with van der Waals surface area (Å²) in [4.78, 5) is 14.4. The van der Waals surface area contributed by atoms with Crippen LogP contribution >= 0.6 is 0 Å². The minimum absolute atomic E-state index is 0.298. The van der Waals surface area contributed by atoms with Gasteiger partial charge in [-0.05, 0) is 19.9 Å². The van der Waals surface area contributed by atoms with Gasteiger partial charge in [-0.25, -0.2) is 4.79 Å². The fraction of sp³-hybridized carbons (Fsp3) is 0.938. The van der Waals surface area contributed by atoms with E-state index in [-0.39, 0.29) is 6.03 Å². The van der Waals surface area contributed by atoms with E-state index in [1.165, 1.54) is 0 Å². The van der Waals surface area contributed by atoms with Crippen molar-refractivity contribution in [1.82, 2.24) is 9.80 Å². The van der Waals surface area contributed by atoms with Crippen LogP contribution in [0.3, 0.4) is 0 Å². The second kappa shape index (κ2) is 16.5. The number of piperazine rings is 1. The largest absolute Gasteiger partial charge is 0.381 e. The molecule has 0 radical (unpaired) electrons. The molecule has 0 unspecified atom stereocenters. The minimum atomic E-state index is -0.298. The molecule has 2 saturated heterocycles. The van der Waals surface area contributed by atoms with Gasteiger partial charge in [0.1, 0.15) is 0 Å². The molecule has 0 aromatic carbocycles. The molecule has 22 heavy (non-hydrogen) atoms. The van der Waals surface area contributed by atoms with Gasteiger partial charge in [-0.2, -0.15) is 0 Å². The van der Waals surface area contributed by atoms with E-state index in [1.54, 1.807) is 12.0 Å². The number of urea groups is 1. The van der Waals surface area contributed by atoms with E-state index in [0.717, 1.165) is 52.2 Å². The number of amides is 2. The number of nitrogens with zero attached hydrogens (tertiary/aromatic N) is 2. The van der Waals surface area contributed by atoms with Crippen LogP contribution < -0.4 is 5.73 Å². The Kier molecular flexibility index (Phi) is 17.6. The first-order chi connectivity index (χ1) is 10.6. The number of nitrogens with two attached hydrogens (primary N) is 1. The number of primary amides is 1. The fourth-order valence-electron chi connectivity index (χ4n) is 1.94. The number of rotatable bonds is 1. The predicted octanol–water partition coefficient (Wildman–Crippen LogP) is 2.18. The maximum Gasteiger partial charge on any atom is 0.314 e. The van der Waals surface area contributed by atoms with Crippen molar-refractivity contribution in [2.75, 3.05) is 53.6 Å². The topological polar surface area (TPSA) is 68.0 Å². The van der Waals surface area contributed by atoms with Crippen LogP contribution in [-0.4, -0.2) is 75.5 Å². The SMILES string of the molecule is CC.CC.CN1CCN(C(N)=O)CC1.COC1CCOCC1. The van der Waals surface area contributed by atoms with E-state index >= 15 is 0 Å². The number of likely N-dealkylation sites (N-methyl/N-ethyl adjacent to an activating group) is 1. The molecule has 0 bridgehead atoms. The first kappa shape index (κ1) is 23.4. The Bertz CT molecular complexity index is 239. The molecule has 2 amide bonds. The van der Waals surface area contributed by atoms with Crippen molar-refractivity contribution in [2.24, 2.45) is 5.73 Å². The van der Waals surface area contributed by atoms with Crippen LogP contribution in [0.5, 0.6) is 0 Å². The van der Waals surface area contributed by atoms with Crippen LogP contribution in [0, 0.1) is 0 Å². The van der Waals surface area contributed by atoms with E-state index in [0.29, 0.717) is 6.10 Å². The lowest BCUT2D eigenvalue weighted by Crippen LogP contribution is -2.49. The lowest BCUT2D eigenvalue weighted by molar-refractivity contribution is -0.00998. The number of carbonyl (C=O) groups excluding carboxylic acids is 1. The quantitative estimate of drug-likeness (QED) is 0.804. The van der Waals surface area contributed by atoms with Crippen LogP contribution in [0.2, 0.25) is 0 Å². The molecule has 2 aliphatic rings. The van der Waals surface area contributed by atoms with Crippen LogP contribution in [0.1, 0.15) is 40.5 Å². The Morgan fingerprint density at radius 1 is 1.05 bits per heavy atom. The highest BCUT2D eigenvalue weighted by molar-refractivity contribution is 5.72. The van der Waals surface area contributed by atoms with Crippen LogP contribution in [0.15, 0.2) is 0 Å². The summed E-state index contributed by atoms with van der Waals surface area (Å²) in [6.07, 6.45) is 2.59. The summed E-state index contributed by atoms with van der Waals surface area (Å²) >= 11 is 0. The number of hydrogen-bond donors (Lipinski definition) is 1. The molecule has 0 atom stereocenters. The summed E-state index contributed by atoms with van der Waals surface area (Å²) in [5.41, 5.74) is 5.08. The molecule has 0 aromatic heterocycles. The summed E-state index contributed by atoms with van der Waals surface area (Å²) in [6.45, 7) is 13.2. The van der Waals surface area contributed by atoms with Gasteiger partial charge in [-0.15, -0.1) is 0 Å². The monoisotopic (exact) mass is 319 g/mol. The second-order valence-corrected chi connectivity index (χ2v) is 4.68. The zero-order valence-corrected chi connectivity index (χ0v) is 15.4. The van der Waals surface area contributed by atoms with Gasteiger partial charge in [0.15, 0.2) is 0 Å². The molecule has 6 nitrogen and oxygen atoms in total. The number of hydrogen-bond acceptors (Lipinski definition) is 4. The molecule has 134 valence electrons. The molecule has 0 saturated carbocycles. The van der Waals surface area contributed by atoms with Crippen LogP contribution in [0.25, 0.3) is 0 Å². The first-order valence-electron chi connectivity index (χ1n) is 8.47. The Labute approximate surface area is 136 Å². The third-order valence-corrected chi connectivity index (χ3v) is 3.32. The molecule has 6 heteroatoms. The zero-order chi connectivity index (χ0) is 17.4. The van der Waals surface area contributed by atoms with Gasteiger partial charge in [-0.1, -0.05) is 27.7 Å². The molecule has 0 aliphatic carbocycles. The fourth-order valence-corrected chi connectivity index (χ4v) is 1.94. The van der Waals surface area contributed by atoms with E-state index < -0.39 is 0 Å². The summed E-state index contributed by atoms with van der Waals surface area (Å²) in [6, 6.07) is -0.298. The van der Waals surface area contributed by atoms with Gasteiger partial charge in [0.25, 0.3) is 0 Å². The highest BCUT2D eigenvalue weighted by Crippen LogP contribution is 2.08. The van der Waals surface area contributed by atoms with E-state index in [1.807, 2.05) is 34.7 Å². The molecule has 2 rings (SSSR count). The van der Waals surface area contributed by atoms with Crippen molar-refractivity contribution in [3.63, 3.8) is 0 Å². The molecule has 2 heterocycles. The van der Waals surface area contributed by atoms with Gasteiger partial charge >= 0.3 is 6.03 Å². The van der Waals surface area contributed by atoms with Gasteiger partial charge in [0, 0.05) is 46.5 Å². The van der Waals surface area contributed by atoms with Crippen molar-refractivity contribution >= 4 is 6.03 Å². The third kappa shape index (κ3) is 11.8. The van der Waals surface area contributed by atoms with Crippen molar-refractivity contribution in [3.8, 4) is 0 Å². The Morgan fingerprint density at radius 3 is 1.82 bits per heavy atom. The molecular weight excluding hydrogens is 282 g/mol. The predicted molar refractivity (Wildman–Crippen MR) is 92.2 cm³/mol. The highest BCUT2D eigenvalue weighted by Gasteiger charge is 2.15. The van der Waals surface area contributed by atoms with Crippen LogP contribution in [0.4, 0.5) is 4.79 Å². The molecule has 0 spiro atoms. The van der Waals surface area contributed by atoms with Gasteiger partial charge < -0.3 is 25.0 Å². The molecule has 2 aliphatic heterocycles. The average Bonchev–Trinajstić information content (AvgIpc) is 2.60. The first-order valence-corrected chi connectivity index (χ1v) is 8.47. The normalized spacial score (nSPS) is 18.7. The van der Waals surface area contributed by atoms with Gasteiger partial charge in [-0.3, -0.25) is 0 Å². The summed E-state index contributed by atoms with van der Waals surface area (Å²) < 4.78 is 10.2. The average molecular weight is 319 g/mol. The summed E-state index contributed by atoms with van der Waals surface area (Å²) in [7, 11) is 3.80. The Hall–Kier alpha value is -0.850. The van der Waals surface area contributed by atoms with Crippen LogP contribution in [-0.2, 0) is 9.47 Å². The van der Waals surface area contributed by atoms with Gasteiger partial charge in [0.2, 0.25) is 0 Å². The van der Waals surface area contributed by atoms with E-state index in [9.17, 15) is 4.79 Å². The number of carbonyl (C=O) groups is 1. The van der Waals surface area contributed by atoms with Crippen molar-refractivity contribution in [3.05, 3.63) is 0 Å². The van der Waals surface area contributed by atoms with E-state index in [4.69, 9.17) is 15.2 Å². The highest BCUT2D eigenvalue weighted by atomic mass is 16.5.